The first-order chi connectivity index (χ1) is 15.0. The van der Waals surface area contributed by atoms with E-state index in [0.29, 0.717) is 44.7 Å². The maximum atomic E-state index is 13.4. The second-order valence-electron chi connectivity index (χ2n) is 8.35. The van der Waals surface area contributed by atoms with Crippen LogP contribution in [0.15, 0.2) is 45.3 Å². The monoisotopic (exact) mass is 436 g/mol. The first kappa shape index (κ1) is 20.0. The predicted octanol–water partition coefficient (Wildman–Crippen LogP) is 3.54. The number of hydrogen-bond acceptors (Lipinski definition) is 6. The number of nitrogens with one attached hydrogen (secondary N) is 1. The third kappa shape index (κ3) is 3.27. The van der Waals surface area contributed by atoms with Crippen LogP contribution in [0, 0.1) is 11.8 Å². The molecule has 0 unspecified atom stereocenters. The second-order valence-corrected chi connectivity index (χ2v) is 9.13. The van der Waals surface area contributed by atoms with Gasteiger partial charge in [0.15, 0.2) is 0 Å². The number of fused-ring (bicyclic) bond motifs is 2. The average Bonchev–Trinajstić information content (AvgIpc) is 3.25. The lowest BCUT2D eigenvalue weighted by Gasteiger charge is -2.35. The molecule has 0 aliphatic heterocycles. The molecule has 1 aliphatic carbocycles. The Balaban J connectivity index is 1.68. The van der Waals surface area contributed by atoms with Crippen molar-refractivity contribution >= 4 is 33.6 Å². The highest BCUT2D eigenvalue weighted by molar-refractivity contribution is 7.98. The van der Waals surface area contributed by atoms with E-state index in [0.717, 1.165) is 12.8 Å². The Morgan fingerprint density at radius 2 is 1.77 bits per heavy atom. The molecule has 4 aromatic rings. The molecule has 1 aliphatic rings. The van der Waals surface area contributed by atoms with Gasteiger partial charge in [-0.15, -0.1) is 5.10 Å². The molecule has 1 N–H and O–H groups in total. The van der Waals surface area contributed by atoms with Gasteiger partial charge in [0.25, 0.3) is 11.1 Å². The molecule has 8 nitrogen and oxygen atoms in total. The van der Waals surface area contributed by atoms with Gasteiger partial charge < -0.3 is 4.57 Å². The Hall–Kier alpha value is -2.94. The van der Waals surface area contributed by atoms with Gasteiger partial charge >= 0.3 is 0 Å². The molecular formula is C22H24N6O2S. The van der Waals surface area contributed by atoms with Gasteiger partial charge in [-0.1, -0.05) is 38.5 Å². The molecule has 4 heterocycles. The van der Waals surface area contributed by atoms with Crippen molar-refractivity contribution in [1.82, 2.24) is 29.3 Å². The minimum atomic E-state index is -0.287. The van der Waals surface area contributed by atoms with E-state index in [1.807, 2.05) is 23.1 Å². The molecule has 0 amide bonds. The molecule has 3 atom stereocenters. The van der Waals surface area contributed by atoms with Gasteiger partial charge in [0.05, 0.1) is 21.8 Å². The number of H-pyrrole nitrogens is 1. The molecule has 160 valence electrons. The summed E-state index contributed by atoms with van der Waals surface area (Å²) < 4.78 is 3.24. The minimum absolute atomic E-state index is 0.0861. The van der Waals surface area contributed by atoms with Crippen molar-refractivity contribution in [2.45, 2.75) is 44.3 Å². The highest BCUT2D eigenvalue weighted by atomic mass is 32.2. The fraction of sp³-hybridized carbons (Fsp3) is 0.409. The number of aromatic amines is 1. The summed E-state index contributed by atoms with van der Waals surface area (Å²) >= 11 is 1.39. The van der Waals surface area contributed by atoms with E-state index in [-0.39, 0.29) is 17.2 Å². The molecule has 0 radical (unpaired) electrons. The molecule has 0 aromatic carbocycles. The molecule has 5 rings (SSSR count). The average molecular weight is 437 g/mol. The first-order valence-corrected chi connectivity index (χ1v) is 11.7. The fourth-order valence-corrected chi connectivity index (χ4v) is 4.97. The van der Waals surface area contributed by atoms with Crippen LogP contribution in [0.2, 0.25) is 0 Å². The number of hydrogen-bond donors (Lipinski definition) is 1. The molecule has 1 fully saturated rings. The van der Waals surface area contributed by atoms with E-state index in [1.54, 1.807) is 18.3 Å². The quantitative estimate of drug-likeness (QED) is 0.390. The highest BCUT2D eigenvalue weighted by Gasteiger charge is 2.29. The van der Waals surface area contributed by atoms with Gasteiger partial charge in [-0.3, -0.25) is 14.2 Å². The number of rotatable bonds is 3. The fourth-order valence-electron chi connectivity index (χ4n) is 4.65. The van der Waals surface area contributed by atoms with Crippen LogP contribution >= 0.6 is 11.8 Å². The Labute approximate surface area is 182 Å². The van der Waals surface area contributed by atoms with Crippen molar-refractivity contribution in [1.29, 1.82) is 0 Å². The van der Waals surface area contributed by atoms with Gasteiger partial charge in [0, 0.05) is 18.4 Å². The maximum Gasteiger partial charge on any atom is 0.266 e. The van der Waals surface area contributed by atoms with E-state index in [4.69, 9.17) is 0 Å². The van der Waals surface area contributed by atoms with E-state index in [1.165, 1.54) is 22.7 Å². The predicted molar refractivity (Wildman–Crippen MR) is 122 cm³/mol. The van der Waals surface area contributed by atoms with Crippen molar-refractivity contribution in [2.24, 2.45) is 11.8 Å². The Morgan fingerprint density at radius 3 is 2.52 bits per heavy atom. The van der Waals surface area contributed by atoms with Gasteiger partial charge in [-0.05, 0) is 42.7 Å². The summed E-state index contributed by atoms with van der Waals surface area (Å²) in [5.41, 5.74) is 0.782. The molecule has 1 saturated carbocycles. The largest absolute Gasteiger partial charge is 0.312 e. The second kappa shape index (κ2) is 7.64. The number of nitrogens with zero attached hydrogens (tertiary/aromatic N) is 5. The zero-order valence-electron chi connectivity index (χ0n) is 17.7. The molecule has 31 heavy (non-hydrogen) atoms. The van der Waals surface area contributed by atoms with Crippen LogP contribution in [-0.4, -0.2) is 35.6 Å². The Morgan fingerprint density at radius 1 is 1.03 bits per heavy atom. The summed E-state index contributed by atoms with van der Waals surface area (Å²) in [5.74, 6) is 1.34. The van der Waals surface area contributed by atoms with E-state index >= 15 is 0 Å². The van der Waals surface area contributed by atoms with E-state index in [9.17, 15) is 9.59 Å². The zero-order chi connectivity index (χ0) is 21.7. The molecule has 0 bridgehead atoms. The van der Waals surface area contributed by atoms with Gasteiger partial charge in [-0.25, -0.2) is 10.1 Å². The minimum Gasteiger partial charge on any atom is -0.312 e. The number of thioether (sulfide) groups is 1. The van der Waals surface area contributed by atoms with Crippen molar-refractivity contribution in [3.05, 3.63) is 51.3 Å². The van der Waals surface area contributed by atoms with Crippen LogP contribution in [-0.2, 0) is 0 Å². The van der Waals surface area contributed by atoms with Crippen molar-refractivity contribution in [3.8, 4) is 5.95 Å². The third-order valence-electron chi connectivity index (χ3n) is 6.66. The van der Waals surface area contributed by atoms with Gasteiger partial charge in [-0.2, -0.15) is 4.98 Å². The molecule has 9 heteroatoms. The Kier molecular flexibility index (Phi) is 4.92. The van der Waals surface area contributed by atoms with Crippen molar-refractivity contribution in [2.75, 3.05) is 6.26 Å². The number of pyridine rings is 3. The van der Waals surface area contributed by atoms with Crippen LogP contribution in [0.3, 0.4) is 0 Å². The standard InChI is InChI=1S/C22H24N6O2S/c1-12-5-4-6-18(13(12)2)27-9-7-16-14(19(27)29)11-15-17(23-16)8-10-28(20(15)30)21-24-22(31-3)26-25-21/h7-13,18H,4-6H2,1-3H3,(H,24,25,26)/t12-,13+,18-/m1/s1. The molecule has 0 saturated heterocycles. The van der Waals surface area contributed by atoms with Crippen LogP contribution in [0.4, 0.5) is 0 Å². The lowest BCUT2D eigenvalue weighted by Crippen LogP contribution is -2.33. The van der Waals surface area contributed by atoms with Crippen LogP contribution < -0.4 is 11.1 Å². The summed E-state index contributed by atoms with van der Waals surface area (Å²) in [6.07, 6.45) is 8.67. The molecular weight excluding hydrogens is 412 g/mol. The van der Waals surface area contributed by atoms with E-state index < -0.39 is 0 Å². The highest BCUT2D eigenvalue weighted by Crippen LogP contribution is 2.37. The van der Waals surface area contributed by atoms with Crippen LogP contribution in [0.5, 0.6) is 0 Å². The van der Waals surface area contributed by atoms with Crippen molar-refractivity contribution < 1.29 is 0 Å². The number of aromatic nitrogens is 6. The van der Waals surface area contributed by atoms with Crippen LogP contribution in [0.25, 0.3) is 27.8 Å². The summed E-state index contributed by atoms with van der Waals surface area (Å²) in [5, 5.41) is 8.26. The Bertz CT molecular complexity index is 1400. The van der Waals surface area contributed by atoms with Crippen LogP contribution in [0.1, 0.15) is 39.2 Å². The van der Waals surface area contributed by atoms with E-state index in [2.05, 4.69) is 34.0 Å². The summed E-state index contributed by atoms with van der Waals surface area (Å²) in [6, 6.07) is 5.49. The third-order valence-corrected chi connectivity index (χ3v) is 7.20. The maximum absolute atomic E-state index is 13.4. The smallest absolute Gasteiger partial charge is 0.266 e. The lowest BCUT2D eigenvalue weighted by molar-refractivity contribution is 0.183. The van der Waals surface area contributed by atoms with Gasteiger partial charge in [0.2, 0.25) is 11.1 Å². The molecule has 4 aromatic heterocycles. The lowest BCUT2D eigenvalue weighted by atomic mass is 9.78. The topological polar surface area (TPSA) is 98.5 Å². The zero-order valence-corrected chi connectivity index (χ0v) is 18.5. The summed E-state index contributed by atoms with van der Waals surface area (Å²) in [6.45, 7) is 4.48. The normalized spacial score (nSPS) is 21.7. The summed E-state index contributed by atoms with van der Waals surface area (Å²) in [7, 11) is 0. The SMILES string of the molecule is CSc1n[nH]c(-n2ccc3nc4ccn([C@@H]5CCC[C@@H](C)[C@@H]5C)c(=O)c4cc3c2=O)n1. The van der Waals surface area contributed by atoms with Crippen molar-refractivity contribution in [3.63, 3.8) is 0 Å². The van der Waals surface area contributed by atoms with Gasteiger partial charge in [0.1, 0.15) is 0 Å². The first-order valence-electron chi connectivity index (χ1n) is 10.5. The summed E-state index contributed by atoms with van der Waals surface area (Å²) in [4.78, 5) is 35.5. The molecule has 0 spiro atoms.